The molecule has 7 heteroatoms. The van der Waals surface area contributed by atoms with E-state index in [1.54, 1.807) is 42.6 Å². The van der Waals surface area contributed by atoms with E-state index in [-0.39, 0.29) is 17.2 Å². The molecule has 1 aromatic heterocycles. The molecule has 0 aliphatic heterocycles. The summed E-state index contributed by atoms with van der Waals surface area (Å²) in [5.41, 5.74) is 1.77. The molecular formula is C17H15ClN2O3S. The van der Waals surface area contributed by atoms with Crippen LogP contribution in [0.2, 0.25) is 5.02 Å². The van der Waals surface area contributed by atoms with Gasteiger partial charge in [0.25, 0.3) is 0 Å². The van der Waals surface area contributed by atoms with Crippen molar-refractivity contribution in [2.24, 2.45) is 0 Å². The standard InChI is InChI=1S/C17H15ClN2O3S/c1-24(22,23)16-10-12(9-15-13(16)6-7-19-15)20-17(21)8-11-4-2-3-5-14(11)18/h2-7,9-10,19H,8H2,1H3,(H,20,21). The Hall–Kier alpha value is -2.31. The molecule has 0 radical (unpaired) electrons. The first-order valence-electron chi connectivity index (χ1n) is 7.19. The maximum Gasteiger partial charge on any atom is 0.228 e. The Kier molecular flexibility index (Phi) is 4.34. The van der Waals surface area contributed by atoms with Crippen LogP contribution in [0, 0.1) is 0 Å². The molecule has 1 heterocycles. The van der Waals surface area contributed by atoms with E-state index in [1.165, 1.54) is 6.07 Å². The van der Waals surface area contributed by atoms with E-state index < -0.39 is 9.84 Å². The molecule has 0 saturated carbocycles. The number of hydrogen-bond donors (Lipinski definition) is 2. The quantitative estimate of drug-likeness (QED) is 0.746. The van der Waals surface area contributed by atoms with Crippen LogP contribution in [-0.2, 0) is 21.1 Å². The van der Waals surface area contributed by atoms with Gasteiger partial charge < -0.3 is 10.3 Å². The first-order chi connectivity index (χ1) is 11.3. The van der Waals surface area contributed by atoms with Gasteiger partial charge in [0.1, 0.15) is 0 Å². The molecule has 124 valence electrons. The van der Waals surface area contributed by atoms with Crippen molar-refractivity contribution in [1.29, 1.82) is 0 Å². The zero-order chi connectivity index (χ0) is 17.3. The van der Waals surface area contributed by atoms with Gasteiger partial charge in [-0.15, -0.1) is 0 Å². The minimum atomic E-state index is -3.42. The van der Waals surface area contributed by atoms with Gasteiger partial charge in [0.15, 0.2) is 9.84 Å². The number of nitrogens with one attached hydrogen (secondary N) is 2. The number of hydrogen-bond acceptors (Lipinski definition) is 3. The van der Waals surface area contributed by atoms with Crippen LogP contribution >= 0.6 is 11.6 Å². The molecule has 3 aromatic rings. The predicted molar refractivity (Wildman–Crippen MR) is 95.2 cm³/mol. The van der Waals surface area contributed by atoms with Gasteiger partial charge in [-0.3, -0.25) is 4.79 Å². The Morgan fingerprint density at radius 2 is 1.96 bits per heavy atom. The average Bonchev–Trinajstić information content (AvgIpc) is 2.96. The average molecular weight is 363 g/mol. The highest BCUT2D eigenvalue weighted by Crippen LogP contribution is 2.27. The summed E-state index contributed by atoms with van der Waals surface area (Å²) in [5, 5.41) is 3.85. The lowest BCUT2D eigenvalue weighted by Crippen LogP contribution is -2.15. The monoisotopic (exact) mass is 362 g/mol. The third-order valence-electron chi connectivity index (χ3n) is 3.62. The van der Waals surface area contributed by atoms with Gasteiger partial charge in [0.05, 0.1) is 11.3 Å². The predicted octanol–water partition coefficient (Wildman–Crippen LogP) is 3.41. The first-order valence-corrected chi connectivity index (χ1v) is 9.46. The van der Waals surface area contributed by atoms with Gasteiger partial charge >= 0.3 is 0 Å². The van der Waals surface area contributed by atoms with E-state index in [2.05, 4.69) is 10.3 Å². The highest BCUT2D eigenvalue weighted by molar-refractivity contribution is 7.91. The van der Waals surface area contributed by atoms with E-state index >= 15 is 0 Å². The fraction of sp³-hybridized carbons (Fsp3) is 0.118. The minimum absolute atomic E-state index is 0.108. The SMILES string of the molecule is CS(=O)(=O)c1cc(NC(=O)Cc2ccccc2Cl)cc2[nH]ccc12. The van der Waals surface area contributed by atoms with Crippen LogP contribution in [0.15, 0.2) is 53.6 Å². The lowest BCUT2D eigenvalue weighted by Gasteiger charge is -2.09. The van der Waals surface area contributed by atoms with Gasteiger partial charge in [-0.1, -0.05) is 29.8 Å². The lowest BCUT2D eigenvalue weighted by molar-refractivity contribution is -0.115. The van der Waals surface area contributed by atoms with Crippen molar-refractivity contribution < 1.29 is 13.2 Å². The number of H-pyrrole nitrogens is 1. The number of amides is 1. The number of aromatic nitrogens is 1. The number of rotatable bonds is 4. The normalized spacial score (nSPS) is 11.6. The molecule has 3 rings (SSSR count). The second kappa shape index (κ2) is 6.30. The molecule has 0 fully saturated rings. The van der Waals surface area contributed by atoms with Gasteiger partial charge in [-0.25, -0.2) is 8.42 Å². The number of sulfone groups is 1. The van der Waals surface area contributed by atoms with Crippen LogP contribution in [0.1, 0.15) is 5.56 Å². The zero-order valence-electron chi connectivity index (χ0n) is 12.8. The number of halogens is 1. The van der Waals surface area contributed by atoms with Crippen LogP contribution in [-0.4, -0.2) is 25.6 Å². The first kappa shape index (κ1) is 16.5. The molecule has 0 aliphatic carbocycles. The Morgan fingerprint density at radius 1 is 1.21 bits per heavy atom. The number of fused-ring (bicyclic) bond motifs is 1. The summed E-state index contributed by atoms with van der Waals surface area (Å²) in [4.78, 5) is 15.4. The Balaban J connectivity index is 1.90. The molecule has 0 saturated heterocycles. The largest absolute Gasteiger partial charge is 0.361 e. The lowest BCUT2D eigenvalue weighted by atomic mass is 10.1. The van der Waals surface area contributed by atoms with Gasteiger partial charge in [-0.05, 0) is 29.8 Å². The number of carbonyl (C=O) groups excluding carboxylic acids is 1. The van der Waals surface area contributed by atoms with Crippen molar-refractivity contribution in [3.05, 3.63) is 59.2 Å². The minimum Gasteiger partial charge on any atom is -0.361 e. The van der Waals surface area contributed by atoms with Crippen molar-refractivity contribution in [2.45, 2.75) is 11.3 Å². The highest BCUT2D eigenvalue weighted by Gasteiger charge is 2.15. The van der Waals surface area contributed by atoms with Gasteiger partial charge in [0.2, 0.25) is 5.91 Å². The smallest absolute Gasteiger partial charge is 0.228 e. The molecule has 0 atom stereocenters. The van der Waals surface area contributed by atoms with E-state index in [0.717, 1.165) is 6.26 Å². The molecule has 5 nitrogen and oxygen atoms in total. The van der Waals surface area contributed by atoms with Crippen LogP contribution in [0.3, 0.4) is 0 Å². The number of benzene rings is 2. The molecule has 0 spiro atoms. The highest BCUT2D eigenvalue weighted by atomic mass is 35.5. The fourth-order valence-electron chi connectivity index (χ4n) is 2.53. The maximum absolute atomic E-state index is 12.2. The summed E-state index contributed by atoms with van der Waals surface area (Å²) in [7, 11) is -3.42. The van der Waals surface area contributed by atoms with Crippen LogP contribution in [0.4, 0.5) is 5.69 Å². The molecular weight excluding hydrogens is 348 g/mol. The summed E-state index contributed by atoms with van der Waals surface area (Å²) in [6.45, 7) is 0. The summed E-state index contributed by atoms with van der Waals surface area (Å²) in [5.74, 6) is -0.270. The van der Waals surface area contributed by atoms with Crippen molar-refractivity contribution >= 4 is 43.9 Å². The van der Waals surface area contributed by atoms with Crippen molar-refractivity contribution in [1.82, 2.24) is 4.98 Å². The molecule has 24 heavy (non-hydrogen) atoms. The zero-order valence-corrected chi connectivity index (χ0v) is 14.4. The third-order valence-corrected chi connectivity index (χ3v) is 5.13. The Labute approximate surface area is 144 Å². The molecule has 1 amide bonds. The van der Waals surface area contributed by atoms with Crippen molar-refractivity contribution in [3.63, 3.8) is 0 Å². The van der Waals surface area contributed by atoms with E-state index in [0.29, 0.717) is 27.2 Å². The van der Waals surface area contributed by atoms with E-state index in [9.17, 15) is 13.2 Å². The molecule has 2 N–H and O–H groups in total. The number of anilines is 1. The maximum atomic E-state index is 12.2. The van der Waals surface area contributed by atoms with Crippen LogP contribution in [0.5, 0.6) is 0 Å². The molecule has 0 aliphatic rings. The summed E-state index contributed by atoms with van der Waals surface area (Å²) < 4.78 is 23.9. The fourth-order valence-corrected chi connectivity index (χ4v) is 3.65. The van der Waals surface area contributed by atoms with Crippen molar-refractivity contribution in [3.8, 4) is 0 Å². The Morgan fingerprint density at radius 3 is 2.67 bits per heavy atom. The Bertz CT molecular complexity index is 1030. The molecule has 2 aromatic carbocycles. The second-order valence-electron chi connectivity index (χ2n) is 5.50. The number of aromatic amines is 1. The van der Waals surface area contributed by atoms with E-state index in [4.69, 9.17) is 11.6 Å². The summed E-state index contributed by atoms with van der Waals surface area (Å²) in [6, 6.07) is 12.0. The van der Waals surface area contributed by atoms with Crippen LogP contribution in [0.25, 0.3) is 10.9 Å². The third kappa shape index (κ3) is 3.44. The van der Waals surface area contributed by atoms with Gasteiger partial charge in [0, 0.05) is 34.1 Å². The van der Waals surface area contributed by atoms with Gasteiger partial charge in [-0.2, -0.15) is 0 Å². The molecule has 0 bridgehead atoms. The topological polar surface area (TPSA) is 79.0 Å². The summed E-state index contributed by atoms with van der Waals surface area (Å²) in [6.07, 6.45) is 2.91. The van der Waals surface area contributed by atoms with Crippen LogP contribution < -0.4 is 5.32 Å². The second-order valence-corrected chi connectivity index (χ2v) is 7.89. The molecule has 0 unspecified atom stereocenters. The summed E-state index contributed by atoms with van der Waals surface area (Å²) >= 11 is 6.06. The van der Waals surface area contributed by atoms with Crippen molar-refractivity contribution in [2.75, 3.05) is 11.6 Å². The number of carbonyl (C=O) groups is 1. The van der Waals surface area contributed by atoms with E-state index in [1.807, 2.05) is 0 Å².